The van der Waals surface area contributed by atoms with Crippen molar-refractivity contribution in [3.05, 3.63) is 24.3 Å². The summed E-state index contributed by atoms with van der Waals surface area (Å²) in [5.41, 5.74) is 6.39. The van der Waals surface area contributed by atoms with Gasteiger partial charge in [-0.05, 0) is 38.1 Å². The highest BCUT2D eigenvalue weighted by atomic mass is 32.2. The van der Waals surface area contributed by atoms with Gasteiger partial charge in [0.15, 0.2) is 0 Å². The molecule has 0 fully saturated rings. The van der Waals surface area contributed by atoms with E-state index < -0.39 is 10.0 Å². The van der Waals surface area contributed by atoms with E-state index in [1.54, 1.807) is 12.1 Å². The van der Waals surface area contributed by atoms with Crippen molar-refractivity contribution in [3.8, 4) is 0 Å². The van der Waals surface area contributed by atoms with Gasteiger partial charge >= 0.3 is 0 Å². The van der Waals surface area contributed by atoms with Crippen LogP contribution >= 0.6 is 0 Å². The fourth-order valence-electron chi connectivity index (χ4n) is 1.35. The minimum atomic E-state index is -3.63. The Hall–Kier alpha value is -1.11. The average Bonchev–Trinajstić information content (AvgIpc) is 2.27. The van der Waals surface area contributed by atoms with Crippen LogP contribution in [0.5, 0.6) is 0 Å². The lowest BCUT2D eigenvalue weighted by Crippen LogP contribution is -2.47. The summed E-state index contributed by atoms with van der Waals surface area (Å²) < 4.78 is 22.2. The lowest BCUT2D eigenvalue weighted by molar-refractivity contribution is 0.498. The second kappa shape index (κ2) is 4.64. The molecule has 0 aliphatic heterocycles. The van der Waals surface area contributed by atoms with E-state index in [1.807, 2.05) is 25.8 Å². The highest BCUT2D eigenvalue weighted by Crippen LogP contribution is 2.22. The van der Waals surface area contributed by atoms with Gasteiger partial charge in [0.1, 0.15) is 0 Å². The summed E-state index contributed by atoms with van der Waals surface area (Å²) in [4.78, 5) is 2.11. The molecule has 0 saturated heterocycles. The van der Waals surface area contributed by atoms with Crippen LogP contribution < -0.4 is 15.8 Å². The number of rotatable bonds is 4. The first-order chi connectivity index (χ1) is 7.68. The summed E-state index contributed by atoms with van der Waals surface area (Å²) in [6.45, 7) is 4.53. The zero-order valence-electron chi connectivity index (χ0n) is 10.3. The van der Waals surface area contributed by atoms with E-state index in [1.165, 1.54) is 12.1 Å². The molecule has 0 heterocycles. The van der Waals surface area contributed by atoms with E-state index in [-0.39, 0.29) is 10.4 Å². The SMILES string of the molecule is CN(c1ccc(S(N)(=O)=O)cc1)C(C)(C)CN. The van der Waals surface area contributed by atoms with Crippen molar-refractivity contribution in [2.75, 3.05) is 18.5 Å². The van der Waals surface area contributed by atoms with Crippen molar-refractivity contribution < 1.29 is 8.42 Å². The lowest BCUT2D eigenvalue weighted by Gasteiger charge is -2.36. The molecular formula is C11H19N3O2S. The van der Waals surface area contributed by atoms with Crippen molar-refractivity contribution >= 4 is 15.7 Å². The Morgan fingerprint density at radius 1 is 1.24 bits per heavy atom. The van der Waals surface area contributed by atoms with Gasteiger partial charge in [-0.15, -0.1) is 0 Å². The van der Waals surface area contributed by atoms with Gasteiger partial charge < -0.3 is 10.6 Å². The van der Waals surface area contributed by atoms with Crippen LogP contribution in [-0.2, 0) is 10.0 Å². The predicted octanol–water partition coefficient (Wildman–Crippen LogP) is 0.507. The minimum Gasteiger partial charge on any atom is -0.368 e. The number of hydrogen-bond donors (Lipinski definition) is 2. The number of benzene rings is 1. The van der Waals surface area contributed by atoms with Crippen LogP contribution in [0.4, 0.5) is 5.69 Å². The highest BCUT2D eigenvalue weighted by molar-refractivity contribution is 7.89. The molecule has 17 heavy (non-hydrogen) atoms. The zero-order chi connectivity index (χ0) is 13.3. The van der Waals surface area contributed by atoms with E-state index in [0.29, 0.717) is 6.54 Å². The Morgan fingerprint density at radius 3 is 2.06 bits per heavy atom. The molecule has 0 atom stereocenters. The van der Waals surface area contributed by atoms with Gasteiger partial charge in [0.2, 0.25) is 10.0 Å². The minimum absolute atomic E-state index is 0.111. The Labute approximate surface area is 102 Å². The van der Waals surface area contributed by atoms with E-state index in [4.69, 9.17) is 10.9 Å². The molecule has 1 aromatic carbocycles. The number of hydrogen-bond acceptors (Lipinski definition) is 4. The van der Waals surface area contributed by atoms with E-state index in [0.717, 1.165) is 5.69 Å². The number of likely N-dealkylation sites (N-methyl/N-ethyl adjacent to an activating group) is 1. The number of anilines is 1. The molecule has 6 heteroatoms. The number of primary sulfonamides is 1. The van der Waals surface area contributed by atoms with Crippen LogP contribution in [0.2, 0.25) is 0 Å². The van der Waals surface area contributed by atoms with Gasteiger partial charge in [0.25, 0.3) is 0 Å². The largest absolute Gasteiger partial charge is 0.368 e. The lowest BCUT2D eigenvalue weighted by atomic mass is 10.0. The fraction of sp³-hybridized carbons (Fsp3) is 0.455. The smallest absolute Gasteiger partial charge is 0.238 e. The average molecular weight is 257 g/mol. The van der Waals surface area contributed by atoms with Crippen molar-refractivity contribution in [2.45, 2.75) is 24.3 Å². The molecule has 0 bridgehead atoms. The van der Waals surface area contributed by atoms with Crippen LogP contribution in [0.1, 0.15) is 13.8 Å². The molecule has 0 aromatic heterocycles. The van der Waals surface area contributed by atoms with Crippen molar-refractivity contribution in [3.63, 3.8) is 0 Å². The van der Waals surface area contributed by atoms with Gasteiger partial charge in [0, 0.05) is 24.8 Å². The number of sulfonamides is 1. The molecule has 0 unspecified atom stereocenters. The van der Waals surface area contributed by atoms with Gasteiger partial charge in [-0.25, -0.2) is 13.6 Å². The maximum absolute atomic E-state index is 11.1. The molecule has 1 rings (SSSR count). The third-order valence-electron chi connectivity index (χ3n) is 2.96. The molecule has 5 nitrogen and oxygen atoms in total. The maximum Gasteiger partial charge on any atom is 0.238 e. The van der Waals surface area contributed by atoms with Crippen molar-refractivity contribution in [1.29, 1.82) is 0 Å². The first-order valence-electron chi connectivity index (χ1n) is 5.25. The van der Waals surface area contributed by atoms with E-state index in [2.05, 4.69) is 0 Å². The summed E-state index contributed by atoms with van der Waals surface area (Å²) in [5, 5.41) is 5.03. The van der Waals surface area contributed by atoms with Gasteiger partial charge in [0.05, 0.1) is 4.90 Å². The molecular weight excluding hydrogens is 238 g/mol. The second-order valence-corrected chi connectivity index (χ2v) is 6.18. The number of nitrogens with two attached hydrogens (primary N) is 2. The maximum atomic E-state index is 11.1. The normalized spacial score (nSPS) is 12.5. The van der Waals surface area contributed by atoms with Crippen LogP contribution in [0, 0.1) is 0 Å². The first-order valence-corrected chi connectivity index (χ1v) is 6.80. The van der Waals surface area contributed by atoms with E-state index >= 15 is 0 Å². The summed E-state index contributed by atoms with van der Waals surface area (Å²) in [6, 6.07) is 6.43. The third kappa shape index (κ3) is 3.18. The van der Waals surface area contributed by atoms with E-state index in [9.17, 15) is 8.42 Å². The summed E-state index contributed by atoms with van der Waals surface area (Å²) in [7, 11) is -1.71. The topological polar surface area (TPSA) is 89.4 Å². The van der Waals surface area contributed by atoms with Crippen LogP contribution in [0.3, 0.4) is 0 Å². The summed E-state index contributed by atoms with van der Waals surface area (Å²) in [6.07, 6.45) is 0. The first kappa shape index (κ1) is 14.0. The highest BCUT2D eigenvalue weighted by Gasteiger charge is 2.22. The Bertz CT molecular complexity index is 480. The number of nitrogens with zero attached hydrogens (tertiary/aromatic N) is 1. The molecule has 0 amide bonds. The molecule has 0 aliphatic carbocycles. The Morgan fingerprint density at radius 2 is 1.71 bits per heavy atom. The van der Waals surface area contributed by atoms with Crippen molar-refractivity contribution in [1.82, 2.24) is 0 Å². The molecule has 0 spiro atoms. The van der Waals surface area contributed by atoms with Crippen LogP contribution in [-0.4, -0.2) is 27.5 Å². The molecule has 0 aliphatic rings. The van der Waals surface area contributed by atoms with Crippen LogP contribution in [0.25, 0.3) is 0 Å². The van der Waals surface area contributed by atoms with Gasteiger partial charge in [-0.3, -0.25) is 0 Å². The molecule has 1 aromatic rings. The molecule has 0 radical (unpaired) electrons. The monoisotopic (exact) mass is 257 g/mol. The quantitative estimate of drug-likeness (QED) is 0.822. The zero-order valence-corrected chi connectivity index (χ0v) is 11.2. The van der Waals surface area contributed by atoms with Crippen LogP contribution in [0.15, 0.2) is 29.2 Å². The molecule has 0 saturated carbocycles. The Balaban J connectivity index is 3.04. The molecule has 96 valence electrons. The van der Waals surface area contributed by atoms with Crippen molar-refractivity contribution in [2.24, 2.45) is 10.9 Å². The predicted molar refractivity (Wildman–Crippen MR) is 69.4 cm³/mol. The van der Waals surface area contributed by atoms with Gasteiger partial charge in [-0.1, -0.05) is 0 Å². The summed E-state index contributed by atoms with van der Waals surface area (Å²) >= 11 is 0. The summed E-state index contributed by atoms with van der Waals surface area (Å²) in [5.74, 6) is 0. The second-order valence-electron chi connectivity index (χ2n) is 4.61. The van der Waals surface area contributed by atoms with Gasteiger partial charge in [-0.2, -0.15) is 0 Å². The Kier molecular flexibility index (Phi) is 3.81. The molecule has 4 N–H and O–H groups in total. The standard InChI is InChI=1S/C11H19N3O2S/c1-11(2,8-12)14(3)9-4-6-10(7-5-9)17(13,15)16/h4-7H,8,12H2,1-3H3,(H2,13,15,16). The fourth-order valence-corrected chi connectivity index (χ4v) is 1.86. The third-order valence-corrected chi connectivity index (χ3v) is 3.89.